The SMILES string of the molecule is CC(C)(C)OC(=O)/C=C/CN1CCC(CCc2ccc3c(n2)N(C(=O)OC(C)(C)C)CCC3)C1. The van der Waals surface area contributed by atoms with E-state index in [9.17, 15) is 9.59 Å². The van der Waals surface area contributed by atoms with E-state index in [0.717, 1.165) is 68.8 Å². The second-order valence-corrected chi connectivity index (χ2v) is 11.4. The molecule has 1 unspecified atom stereocenters. The highest BCUT2D eigenvalue weighted by atomic mass is 16.6. The van der Waals surface area contributed by atoms with Crippen LogP contribution in [0.1, 0.15) is 72.1 Å². The van der Waals surface area contributed by atoms with Crippen molar-refractivity contribution in [2.24, 2.45) is 5.92 Å². The lowest BCUT2D eigenvalue weighted by molar-refractivity contribution is -0.148. The zero-order chi connectivity index (χ0) is 24.9. The summed E-state index contributed by atoms with van der Waals surface area (Å²) in [5.41, 5.74) is 1.15. The van der Waals surface area contributed by atoms with Crippen LogP contribution in [0.4, 0.5) is 10.6 Å². The van der Waals surface area contributed by atoms with Crippen molar-refractivity contribution in [2.45, 2.75) is 84.8 Å². The van der Waals surface area contributed by atoms with Gasteiger partial charge in [-0.3, -0.25) is 9.80 Å². The second-order valence-electron chi connectivity index (χ2n) is 11.4. The van der Waals surface area contributed by atoms with Gasteiger partial charge < -0.3 is 9.47 Å². The highest BCUT2D eigenvalue weighted by Crippen LogP contribution is 2.28. The lowest BCUT2D eigenvalue weighted by Crippen LogP contribution is -2.40. The molecule has 0 aliphatic carbocycles. The van der Waals surface area contributed by atoms with E-state index < -0.39 is 11.2 Å². The van der Waals surface area contributed by atoms with Gasteiger partial charge in [-0.15, -0.1) is 0 Å². The van der Waals surface area contributed by atoms with Crippen LogP contribution in [0.25, 0.3) is 0 Å². The van der Waals surface area contributed by atoms with Crippen LogP contribution in [-0.2, 0) is 27.1 Å². The van der Waals surface area contributed by atoms with E-state index in [4.69, 9.17) is 14.5 Å². The molecular weight excluding hydrogens is 430 g/mol. The number of nitrogens with zero attached hydrogens (tertiary/aromatic N) is 3. The second kappa shape index (κ2) is 10.9. The van der Waals surface area contributed by atoms with E-state index in [1.165, 1.54) is 6.08 Å². The minimum absolute atomic E-state index is 0.290. The molecule has 0 aromatic carbocycles. The average molecular weight is 472 g/mol. The van der Waals surface area contributed by atoms with E-state index in [0.29, 0.717) is 12.5 Å². The number of rotatable bonds is 6. The molecule has 0 spiro atoms. The Kier molecular flexibility index (Phi) is 8.39. The first-order valence-corrected chi connectivity index (χ1v) is 12.5. The minimum Gasteiger partial charge on any atom is -0.457 e. The molecule has 7 nitrogen and oxygen atoms in total. The first kappa shape index (κ1) is 26.2. The van der Waals surface area contributed by atoms with Crippen molar-refractivity contribution in [1.29, 1.82) is 0 Å². The highest BCUT2D eigenvalue weighted by molar-refractivity contribution is 5.88. The fourth-order valence-corrected chi connectivity index (χ4v) is 4.41. The normalized spacial score (nSPS) is 19.4. The summed E-state index contributed by atoms with van der Waals surface area (Å²) in [6.07, 6.45) is 8.08. The molecule has 188 valence electrons. The number of aryl methyl sites for hydroxylation is 2. The Morgan fingerprint density at radius 1 is 1.09 bits per heavy atom. The number of carbonyl (C=O) groups is 2. The summed E-state index contributed by atoms with van der Waals surface area (Å²) in [5, 5.41) is 0. The molecule has 34 heavy (non-hydrogen) atoms. The third-order valence-corrected chi connectivity index (χ3v) is 5.91. The molecule has 2 aliphatic heterocycles. The summed E-state index contributed by atoms with van der Waals surface area (Å²) in [6, 6.07) is 4.23. The molecule has 3 heterocycles. The van der Waals surface area contributed by atoms with Gasteiger partial charge in [0.1, 0.15) is 17.0 Å². The molecule has 1 amide bonds. The van der Waals surface area contributed by atoms with Crippen LogP contribution in [0, 0.1) is 5.92 Å². The number of hydrogen-bond donors (Lipinski definition) is 0. The molecule has 2 aliphatic rings. The maximum atomic E-state index is 12.7. The van der Waals surface area contributed by atoms with Crippen molar-refractivity contribution in [3.8, 4) is 0 Å². The zero-order valence-corrected chi connectivity index (χ0v) is 21.7. The first-order valence-electron chi connectivity index (χ1n) is 12.5. The molecule has 1 aromatic heterocycles. The molecule has 3 rings (SSSR count). The third kappa shape index (κ3) is 8.12. The number of aromatic nitrogens is 1. The van der Waals surface area contributed by atoms with Crippen LogP contribution in [0.3, 0.4) is 0 Å². The summed E-state index contributed by atoms with van der Waals surface area (Å²) in [4.78, 5) is 33.5. The van der Waals surface area contributed by atoms with Crippen molar-refractivity contribution in [2.75, 3.05) is 31.1 Å². The number of esters is 1. The number of pyridine rings is 1. The van der Waals surface area contributed by atoms with Gasteiger partial charge in [-0.05, 0) is 97.7 Å². The van der Waals surface area contributed by atoms with Gasteiger partial charge in [0, 0.05) is 31.4 Å². The molecule has 1 fully saturated rings. The van der Waals surface area contributed by atoms with Crippen molar-refractivity contribution in [3.05, 3.63) is 35.5 Å². The summed E-state index contributed by atoms with van der Waals surface area (Å²) in [5.74, 6) is 1.08. The molecular formula is C27H41N3O4. The zero-order valence-electron chi connectivity index (χ0n) is 21.7. The van der Waals surface area contributed by atoms with Gasteiger partial charge in [0.2, 0.25) is 0 Å². The topological polar surface area (TPSA) is 72.0 Å². The average Bonchev–Trinajstić information content (AvgIpc) is 3.16. The number of ether oxygens (including phenoxy) is 2. The molecule has 0 radical (unpaired) electrons. The van der Waals surface area contributed by atoms with Crippen LogP contribution >= 0.6 is 0 Å². The Labute approximate surface area is 204 Å². The Hall–Kier alpha value is -2.41. The molecule has 1 saturated heterocycles. The lowest BCUT2D eigenvalue weighted by Gasteiger charge is -2.31. The van der Waals surface area contributed by atoms with Crippen molar-refractivity contribution >= 4 is 17.9 Å². The highest BCUT2D eigenvalue weighted by Gasteiger charge is 2.29. The maximum absolute atomic E-state index is 12.7. The van der Waals surface area contributed by atoms with E-state index in [-0.39, 0.29) is 12.1 Å². The van der Waals surface area contributed by atoms with Crippen LogP contribution in [0.5, 0.6) is 0 Å². The van der Waals surface area contributed by atoms with Crippen LogP contribution in [-0.4, -0.2) is 59.3 Å². The number of likely N-dealkylation sites (tertiary alicyclic amines) is 1. The summed E-state index contributed by atoms with van der Waals surface area (Å²) < 4.78 is 10.9. The lowest BCUT2D eigenvalue weighted by atomic mass is 10.00. The molecule has 7 heteroatoms. The standard InChI is InChI=1S/C27H41N3O4/c1-26(2,3)33-23(31)10-8-16-29-18-15-20(19-29)11-13-22-14-12-21-9-7-17-30(24(21)28-22)25(32)34-27(4,5)6/h8,10,12,14,20H,7,9,11,13,15-19H2,1-6H3/b10-8+. The van der Waals surface area contributed by atoms with E-state index in [1.54, 1.807) is 4.90 Å². The number of carbonyl (C=O) groups excluding carboxylic acids is 2. The van der Waals surface area contributed by atoms with Crippen molar-refractivity contribution < 1.29 is 19.1 Å². The van der Waals surface area contributed by atoms with Gasteiger partial charge in [0.25, 0.3) is 0 Å². The van der Waals surface area contributed by atoms with Gasteiger partial charge in [0.05, 0.1) is 0 Å². The number of amides is 1. The Bertz CT molecular complexity index is 898. The molecule has 0 bridgehead atoms. The number of anilines is 1. The Morgan fingerprint density at radius 3 is 2.53 bits per heavy atom. The summed E-state index contributed by atoms with van der Waals surface area (Å²) in [6.45, 7) is 14.7. The first-order chi connectivity index (χ1) is 15.9. The molecule has 0 N–H and O–H groups in total. The summed E-state index contributed by atoms with van der Waals surface area (Å²) in [7, 11) is 0. The predicted octanol–water partition coefficient (Wildman–Crippen LogP) is 4.92. The third-order valence-electron chi connectivity index (χ3n) is 5.91. The molecule has 1 aromatic rings. The van der Waals surface area contributed by atoms with E-state index in [1.807, 2.05) is 47.6 Å². The Morgan fingerprint density at radius 2 is 1.82 bits per heavy atom. The number of fused-ring (bicyclic) bond motifs is 1. The van der Waals surface area contributed by atoms with Crippen LogP contribution in [0.15, 0.2) is 24.3 Å². The quantitative estimate of drug-likeness (QED) is 0.433. The van der Waals surface area contributed by atoms with Crippen LogP contribution < -0.4 is 4.90 Å². The molecule has 0 saturated carbocycles. The number of hydrogen-bond acceptors (Lipinski definition) is 6. The van der Waals surface area contributed by atoms with Gasteiger partial charge in [0.15, 0.2) is 0 Å². The van der Waals surface area contributed by atoms with Gasteiger partial charge in [-0.2, -0.15) is 0 Å². The van der Waals surface area contributed by atoms with Crippen molar-refractivity contribution in [1.82, 2.24) is 9.88 Å². The van der Waals surface area contributed by atoms with Gasteiger partial charge in [-0.25, -0.2) is 14.6 Å². The Balaban J connectivity index is 1.50. The van der Waals surface area contributed by atoms with Gasteiger partial charge in [-0.1, -0.05) is 12.1 Å². The summed E-state index contributed by atoms with van der Waals surface area (Å²) >= 11 is 0. The van der Waals surface area contributed by atoms with Gasteiger partial charge >= 0.3 is 12.1 Å². The molecule has 1 atom stereocenters. The smallest absolute Gasteiger partial charge is 0.416 e. The predicted molar refractivity (Wildman–Crippen MR) is 134 cm³/mol. The fourth-order valence-electron chi connectivity index (χ4n) is 4.41. The maximum Gasteiger partial charge on any atom is 0.416 e. The van der Waals surface area contributed by atoms with Crippen LogP contribution in [0.2, 0.25) is 0 Å². The monoisotopic (exact) mass is 471 g/mol. The van der Waals surface area contributed by atoms with E-state index in [2.05, 4.69) is 17.0 Å². The fraction of sp³-hybridized carbons (Fsp3) is 0.667. The largest absolute Gasteiger partial charge is 0.457 e. The van der Waals surface area contributed by atoms with Crippen molar-refractivity contribution in [3.63, 3.8) is 0 Å². The minimum atomic E-state index is -0.525. The van der Waals surface area contributed by atoms with E-state index >= 15 is 0 Å².